The van der Waals surface area contributed by atoms with Gasteiger partial charge in [-0.15, -0.1) is 0 Å². The van der Waals surface area contributed by atoms with E-state index in [1.807, 2.05) is 17.2 Å². The van der Waals surface area contributed by atoms with Gasteiger partial charge >= 0.3 is 0 Å². The van der Waals surface area contributed by atoms with Crippen LogP contribution in [0.15, 0.2) is 36.5 Å². The molecule has 2 aromatic rings. The smallest absolute Gasteiger partial charge is 0.278 e. The molecule has 0 unspecified atom stereocenters. The average molecular weight is 325 g/mol. The molecule has 5 heteroatoms. The molecule has 1 saturated carbocycles. The van der Waals surface area contributed by atoms with Crippen molar-refractivity contribution in [3.63, 3.8) is 0 Å². The van der Waals surface area contributed by atoms with E-state index in [2.05, 4.69) is 23.3 Å². The lowest BCUT2D eigenvalue weighted by molar-refractivity contribution is 0.0978. The number of carbonyl (C=O) groups is 1. The van der Waals surface area contributed by atoms with Crippen molar-refractivity contribution in [3.8, 4) is 0 Å². The summed E-state index contributed by atoms with van der Waals surface area (Å²) in [7, 11) is 1.66. The molecule has 1 aliphatic carbocycles. The van der Waals surface area contributed by atoms with Gasteiger partial charge in [-0.05, 0) is 30.5 Å². The Hall–Kier alpha value is -2.14. The Bertz CT molecular complexity index is 747. The third-order valence-corrected chi connectivity index (χ3v) is 5.42. The Labute approximate surface area is 142 Å². The van der Waals surface area contributed by atoms with Gasteiger partial charge in [0.15, 0.2) is 5.69 Å². The van der Waals surface area contributed by atoms with Gasteiger partial charge in [-0.25, -0.2) is 0 Å². The van der Waals surface area contributed by atoms with Gasteiger partial charge in [0.1, 0.15) is 0 Å². The van der Waals surface area contributed by atoms with Gasteiger partial charge in [0.2, 0.25) is 0 Å². The SMILES string of the molecule is COCCn1ccc(C(=O)N2CC3(CCCC3)c3ccccc32)n1. The molecule has 24 heavy (non-hydrogen) atoms. The molecule has 4 rings (SSSR count). The third-order valence-electron chi connectivity index (χ3n) is 5.42. The lowest BCUT2D eigenvalue weighted by atomic mass is 9.81. The van der Waals surface area contributed by atoms with Gasteiger partial charge in [0, 0.05) is 31.0 Å². The standard InChI is InChI=1S/C19H23N3O2/c1-24-13-12-21-11-8-16(20-21)18(23)22-14-19(9-4-5-10-19)15-6-2-3-7-17(15)22/h2-3,6-8,11H,4-5,9-10,12-14H2,1H3. The predicted octanol–water partition coefficient (Wildman–Crippen LogP) is 3.00. The van der Waals surface area contributed by atoms with Gasteiger partial charge in [-0.2, -0.15) is 5.10 Å². The molecule has 5 nitrogen and oxygen atoms in total. The molecule has 0 radical (unpaired) electrons. The number of benzene rings is 1. The molecular weight excluding hydrogens is 302 g/mol. The van der Waals surface area contributed by atoms with Crippen molar-refractivity contribution in [1.82, 2.24) is 9.78 Å². The molecular formula is C19H23N3O2. The Balaban J connectivity index is 1.62. The summed E-state index contributed by atoms with van der Waals surface area (Å²) >= 11 is 0. The zero-order valence-electron chi connectivity index (χ0n) is 14.1. The number of amides is 1. The van der Waals surface area contributed by atoms with E-state index < -0.39 is 0 Å². The van der Waals surface area contributed by atoms with Crippen molar-refractivity contribution >= 4 is 11.6 Å². The predicted molar refractivity (Wildman–Crippen MR) is 92.4 cm³/mol. The van der Waals surface area contributed by atoms with Crippen LogP contribution in [-0.2, 0) is 16.7 Å². The maximum atomic E-state index is 13.1. The Morgan fingerprint density at radius 3 is 2.83 bits per heavy atom. The number of aromatic nitrogens is 2. The van der Waals surface area contributed by atoms with Gasteiger partial charge in [-0.3, -0.25) is 9.48 Å². The second-order valence-electron chi connectivity index (χ2n) is 6.85. The summed E-state index contributed by atoms with van der Waals surface area (Å²) in [4.78, 5) is 15.0. The zero-order chi connectivity index (χ0) is 16.6. The van der Waals surface area contributed by atoms with Crippen molar-refractivity contribution in [3.05, 3.63) is 47.8 Å². The number of anilines is 1. The van der Waals surface area contributed by atoms with Gasteiger partial charge in [0.05, 0.1) is 13.2 Å². The molecule has 2 heterocycles. The van der Waals surface area contributed by atoms with Crippen molar-refractivity contribution in [1.29, 1.82) is 0 Å². The quantitative estimate of drug-likeness (QED) is 0.868. The van der Waals surface area contributed by atoms with Gasteiger partial charge < -0.3 is 9.64 Å². The minimum absolute atomic E-state index is 0.00221. The number of hydrogen-bond acceptors (Lipinski definition) is 3. The molecule has 2 aliphatic rings. The number of para-hydroxylation sites is 1. The average Bonchev–Trinajstić information content (AvgIpc) is 3.33. The number of fused-ring (bicyclic) bond motifs is 2. The van der Waals surface area contributed by atoms with E-state index in [1.165, 1.54) is 31.2 Å². The van der Waals surface area contributed by atoms with E-state index >= 15 is 0 Å². The third kappa shape index (κ3) is 2.44. The summed E-state index contributed by atoms with van der Waals surface area (Å²) in [6.45, 7) is 2.03. The van der Waals surface area contributed by atoms with Gasteiger partial charge in [0.25, 0.3) is 5.91 Å². The molecule has 0 atom stereocenters. The molecule has 1 spiro atoms. The normalized spacial score (nSPS) is 18.3. The summed E-state index contributed by atoms with van der Waals surface area (Å²) in [6.07, 6.45) is 6.70. The van der Waals surface area contributed by atoms with E-state index in [0.717, 1.165) is 12.2 Å². The van der Waals surface area contributed by atoms with Crippen molar-refractivity contribution in [2.24, 2.45) is 0 Å². The first-order valence-corrected chi connectivity index (χ1v) is 8.67. The second kappa shape index (κ2) is 6.06. The van der Waals surface area contributed by atoms with Crippen LogP contribution in [0.2, 0.25) is 0 Å². The lowest BCUT2D eigenvalue weighted by Crippen LogP contribution is -2.35. The van der Waals surface area contributed by atoms with Crippen LogP contribution in [-0.4, -0.2) is 35.9 Å². The number of nitrogens with zero attached hydrogens (tertiary/aromatic N) is 3. The van der Waals surface area contributed by atoms with Crippen LogP contribution in [0.25, 0.3) is 0 Å². The van der Waals surface area contributed by atoms with Crippen LogP contribution in [0.4, 0.5) is 5.69 Å². The number of rotatable bonds is 4. The lowest BCUT2D eigenvalue weighted by Gasteiger charge is -2.24. The summed E-state index contributed by atoms with van der Waals surface area (Å²) in [6, 6.07) is 10.2. The van der Waals surface area contributed by atoms with Gasteiger partial charge in [-0.1, -0.05) is 31.0 Å². The Kier molecular flexibility index (Phi) is 3.88. The number of methoxy groups -OCH3 is 1. The molecule has 0 saturated heterocycles. The summed E-state index contributed by atoms with van der Waals surface area (Å²) in [5.41, 5.74) is 3.08. The van der Waals surface area contributed by atoms with Crippen LogP contribution in [0.5, 0.6) is 0 Å². The highest BCUT2D eigenvalue weighted by molar-refractivity contribution is 6.06. The van der Waals surface area contributed by atoms with Crippen LogP contribution in [0.3, 0.4) is 0 Å². The van der Waals surface area contributed by atoms with Crippen LogP contribution in [0, 0.1) is 0 Å². The molecule has 0 bridgehead atoms. The minimum Gasteiger partial charge on any atom is -0.383 e. The largest absolute Gasteiger partial charge is 0.383 e. The summed E-state index contributed by atoms with van der Waals surface area (Å²) in [5.74, 6) is 0.00221. The van der Waals surface area contributed by atoms with E-state index in [1.54, 1.807) is 17.9 Å². The first-order valence-electron chi connectivity index (χ1n) is 8.67. The van der Waals surface area contributed by atoms with E-state index in [0.29, 0.717) is 18.8 Å². The van der Waals surface area contributed by atoms with E-state index in [-0.39, 0.29) is 11.3 Å². The van der Waals surface area contributed by atoms with E-state index in [4.69, 9.17) is 4.74 Å². The van der Waals surface area contributed by atoms with Crippen LogP contribution < -0.4 is 4.90 Å². The van der Waals surface area contributed by atoms with Crippen LogP contribution in [0.1, 0.15) is 41.7 Å². The molecule has 0 N–H and O–H groups in total. The first-order chi connectivity index (χ1) is 11.7. The monoisotopic (exact) mass is 325 g/mol. The highest BCUT2D eigenvalue weighted by Crippen LogP contribution is 2.50. The molecule has 1 amide bonds. The molecule has 1 aromatic carbocycles. The van der Waals surface area contributed by atoms with Crippen molar-refractivity contribution < 1.29 is 9.53 Å². The Morgan fingerprint density at radius 2 is 2.04 bits per heavy atom. The number of ether oxygens (including phenoxy) is 1. The molecule has 1 aromatic heterocycles. The molecule has 126 valence electrons. The van der Waals surface area contributed by atoms with Crippen molar-refractivity contribution in [2.75, 3.05) is 25.2 Å². The maximum absolute atomic E-state index is 13.1. The molecule has 1 aliphatic heterocycles. The fourth-order valence-corrected chi connectivity index (χ4v) is 4.21. The summed E-state index contributed by atoms with van der Waals surface area (Å²) in [5, 5.41) is 4.43. The zero-order valence-corrected chi connectivity index (χ0v) is 14.1. The fraction of sp³-hybridized carbons (Fsp3) is 0.474. The highest BCUT2D eigenvalue weighted by Gasteiger charge is 2.46. The van der Waals surface area contributed by atoms with Crippen molar-refractivity contribution in [2.45, 2.75) is 37.6 Å². The highest BCUT2D eigenvalue weighted by atomic mass is 16.5. The number of hydrogen-bond donors (Lipinski definition) is 0. The molecule has 1 fully saturated rings. The van der Waals surface area contributed by atoms with Crippen LogP contribution >= 0.6 is 0 Å². The minimum atomic E-state index is 0.00221. The second-order valence-corrected chi connectivity index (χ2v) is 6.85. The fourth-order valence-electron chi connectivity index (χ4n) is 4.21. The first kappa shape index (κ1) is 15.4. The number of carbonyl (C=O) groups excluding carboxylic acids is 1. The Morgan fingerprint density at radius 1 is 1.25 bits per heavy atom. The van der Waals surface area contributed by atoms with E-state index in [9.17, 15) is 4.79 Å². The maximum Gasteiger partial charge on any atom is 0.278 e. The topological polar surface area (TPSA) is 47.4 Å². The summed E-state index contributed by atoms with van der Waals surface area (Å²) < 4.78 is 6.84.